The van der Waals surface area contributed by atoms with Crippen molar-refractivity contribution in [2.45, 2.75) is 26.8 Å². The summed E-state index contributed by atoms with van der Waals surface area (Å²) in [5.74, 6) is -0.821. The lowest BCUT2D eigenvalue weighted by Crippen LogP contribution is -2.38. The molecule has 0 aliphatic heterocycles. The molecule has 4 heteroatoms. The maximum atomic E-state index is 12.9. The van der Waals surface area contributed by atoms with Gasteiger partial charge in [0.25, 0.3) is 5.91 Å². The van der Waals surface area contributed by atoms with Gasteiger partial charge in [0, 0.05) is 11.7 Å². The van der Waals surface area contributed by atoms with E-state index in [0.717, 1.165) is 11.3 Å². The van der Waals surface area contributed by atoms with E-state index in [4.69, 9.17) is 5.73 Å². The molecule has 0 bridgehead atoms. The number of hydrogen-bond acceptors (Lipinski definition) is 2. The van der Waals surface area contributed by atoms with Crippen LogP contribution in [0.4, 0.5) is 5.69 Å². The van der Waals surface area contributed by atoms with Crippen molar-refractivity contribution < 1.29 is 9.59 Å². The Morgan fingerprint density at radius 3 is 2.18 bits per heavy atom. The Morgan fingerprint density at radius 1 is 1.00 bits per heavy atom. The molecule has 0 radical (unpaired) electrons. The second kappa shape index (κ2) is 6.43. The summed E-state index contributed by atoms with van der Waals surface area (Å²) in [6, 6.07) is 14.5. The summed E-state index contributed by atoms with van der Waals surface area (Å²) in [5, 5.41) is 0. The van der Waals surface area contributed by atoms with Crippen LogP contribution in [0.3, 0.4) is 0 Å². The summed E-state index contributed by atoms with van der Waals surface area (Å²) in [7, 11) is 0. The summed E-state index contributed by atoms with van der Waals surface area (Å²) in [4.78, 5) is 26.3. The van der Waals surface area contributed by atoms with E-state index in [1.807, 2.05) is 57.2 Å². The second-order valence-electron chi connectivity index (χ2n) is 5.52. The topological polar surface area (TPSA) is 63.4 Å². The van der Waals surface area contributed by atoms with Crippen LogP contribution in [0.15, 0.2) is 48.5 Å². The minimum atomic E-state index is -0.594. The minimum absolute atomic E-state index is 0.0445. The third-order valence-corrected chi connectivity index (χ3v) is 3.44. The Hall–Kier alpha value is -2.62. The normalized spacial score (nSPS) is 10.5. The maximum Gasteiger partial charge on any atom is 0.259 e. The Morgan fingerprint density at radius 2 is 1.64 bits per heavy atom. The maximum absolute atomic E-state index is 12.9. The van der Waals surface area contributed by atoms with Crippen LogP contribution in [-0.4, -0.2) is 17.9 Å². The monoisotopic (exact) mass is 296 g/mol. The molecule has 0 aliphatic carbocycles. The molecule has 0 heterocycles. The van der Waals surface area contributed by atoms with Crippen LogP contribution >= 0.6 is 0 Å². The summed E-state index contributed by atoms with van der Waals surface area (Å²) in [6.07, 6.45) is 0. The summed E-state index contributed by atoms with van der Waals surface area (Å²) < 4.78 is 0. The van der Waals surface area contributed by atoms with E-state index < -0.39 is 5.91 Å². The van der Waals surface area contributed by atoms with Gasteiger partial charge >= 0.3 is 0 Å². The molecule has 2 N–H and O–H groups in total. The van der Waals surface area contributed by atoms with Gasteiger partial charge in [-0.1, -0.05) is 29.8 Å². The molecule has 2 aromatic carbocycles. The molecule has 0 saturated heterocycles. The van der Waals surface area contributed by atoms with Gasteiger partial charge in [-0.2, -0.15) is 0 Å². The number of amides is 2. The molecule has 0 saturated carbocycles. The average Bonchev–Trinajstić information content (AvgIpc) is 2.47. The number of rotatable bonds is 4. The Kier molecular flexibility index (Phi) is 4.61. The van der Waals surface area contributed by atoms with Crippen molar-refractivity contribution >= 4 is 17.5 Å². The molecule has 0 aromatic heterocycles. The van der Waals surface area contributed by atoms with Crippen molar-refractivity contribution in [2.24, 2.45) is 5.73 Å². The van der Waals surface area contributed by atoms with Crippen molar-refractivity contribution in [3.8, 4) is 0 Å². The highest BCUT2D eigenvalue weighted by molar-refractivity contribution is 6.13. The molecule has 2 amide bonds. The first-order valence-electron chi connectivity index (χ1n) is 7.21. The van der Waals surface area contributed by atoms with Gasteiger partial charge in [0.15, 0.2) is 0 Å². The summed E-state index contributed by atoms with van der Waals surface area (Å²) in [6.45, 7) is 5.73. The summed E-state index contributed by atoms with van der Waals surface area (Å²) in [5.41, 5.74) is 7.69. The fraction of sp³-hybridized carbons (Fsp3) is 0.222. The van der Waals surface area contributed by atoms with Crippen LogP contribution in [0.25, 0.3) is 0 Å². The van der Waals surface area contributed by atoms with E-state index in [-0.39, 0.29) is 17.5 Å². The number of carbonyl (C=O) groups is 2. The van der Waals surface area contributed by atoms with E-state index in [1.165, 1.54) is 0 Å². The SMILES string of the molecule is Cc1ccc(C(=O)N(c2ccccc2)C(C)C)c(C(N)=O)c1. The number of anilines is 1. The van der Waals surface area contributed by atoms with Crippen molar-refractivity contribution in [3.05, 3.63) is 65.2 Å². The lowest BCUT2D eigenvalue weighted by Gasteiger charge is -2.27. The van der Waals surface area contributed by atoms with Gasteiger partial charge in [0.05, 0.1) is 11.1 Å². The molecule has 0 aliphatic rings. The third-order valence-electron chi connectivity index (χ3n) is 3.44. The quantitative estimate of drug-likeness (QED) is 0.942. The van der Waals surface area contributed by atoms with E-state index in [0.29, 0.717) is 5.56 Å². The Labute approximate surface area is 130 Å². The molecule has 4 nitrogen and oxygen atoms in total. The van der Waals surface area contributed by atoms with Gasteiger partial charge in [0.1, 0.15) is 0 Å². The zero-order valence-corrected chi connectivity index (χ0v) is 13.0. The van der Waals surface area contributed by atoms with E-state index in [2.05, 4.69) is 0 Å². The van der Waals surface area contributed by atoms with Crippen molar-refractivity contribution in [1.29, 1.82) is 0 Å². The zero-order chi connectivity index (χ0) is 16.3. The van der Waals surface area contributed by atoms with Gasteiger partial charge in [-0.3, -0.25) is 9.59 Å². The highest BCUT2D eigenvalue weighted by atomic mass is 16.2. The molecule has 0 atom stereocenters. The van der Waals surface area contributed by atoms with E-state index >= 15 is 0 Å². The molecule has 2 aromatic rings. The minimum Gasteiger partial charge on any atom is -0.366 e. The number of primary amides is 1. The number of nitrogens with zero attached hydrogens (tertiary/aromatic N) is 1. The Bertz CT molecular complexity index is 693. The molecule has 0 fully saturated rings. The smallest absolute Gasteiger partial charge is 0.259 e. The fourth-order valence-electron chi connectivity index (χ4n) is 2.42. The number of nitrogens with two attached hydrogens (primary N) is 1. The van der Waals surface area contributed by atoms with Crippen LogP contribution in [0.5, 0.6) is 0 Å². The molecular weight excluding hydrogens is 276 g/mol. The van der Waals surface area contributed by atoms with Gasteiger partial charge in [0.2, 0.25) is 5.91 Å². The number of hydrogen-bond donors (Lipinski definition) is 1. The molecule has 0 unspecified atom stereocenters. The van der Waals surface area contributed by atoms with Gasteiger partial charge in [-0.15, -0.1) is 0 Å². The first-order chi connectivity index (χ1) is 10.4. The van der Waals surface area contributed by atoms with Gasteiger partial charge < -0.3 is 10.6 Å². The predicted octanol–water partition coefficient (Wildman–Crippen LogP) is 3.15. The van der Waals surface area contributed by atoms with Crippen molar-refractivity contribution in [3.63, 3.8) is 0 Å². The number of para-hydroxylation sites is 1. The van der Waals surface area contributed by atoms with Crippen LogP contribution in [0, 0.1) is 6.92 Å². The Balaban J connectivity index is 2.51. The number of benzene rings is 2. The number of carbonyl (C=O) groups excluding carboxylic acids is 2. The molecule has 22 heavy (non-hydrogen) atoms. The van der Waals surface area contributed by atoms with Crippen molar-refractivity contribution in [1.82, 2.24) is 0 Å². The van der Waals surface area contributed by atoms with Crippen LogP contribution in [0.1, 0.15) is 40.1 Å². The fourth-order valence-corrected chi connectivity index (χ4v) is 2.42. The molecular formula is C18H20N2O2. The van der Waals surface area contributed by atoms with Crippen molar-refractivity contribution in [2.75, 3.05) is 4.90 Å². The van der Waals surface area contributed by atoms with Gasteiger partial charge in [-0.25, -0.2) is 0 Å². The lowest BCUT2D eigenvalue weighted by molar-refractivity contribution is 0.0955. The van der Waals surface area contributed by atoms with E-state index in [1.54, 1.807) is 17.0 Å². The molecule has 114 valence electrons. The summed E-state index contributed by atoms with van der Waals surface area (Å²) >= 11 is 0. The average molecular weight is 296 g/mol. The largest absolute Gasteiger partial charge is 0.366 e. The molecule has 2 rings (SSSR count). The molecule has 0 spiro atoms. The first-order valence-corrected chi connectivity index (χ1v) is 7.21. The van der Waals surface area contributed by atoms with Crippen LogP contribution < -0.4 is 10.6 Å². The van der Waals surface area contributed by atoms with Crippen LogP contribution in [-0.2, 0) is 0 Å². The number of aryl methyl sites for hydroxylation is 1. The first kappa shape index (κ1) is 15.8. The van der Waals surface area contributed by atoms with E-state index in [9.17, 15) is 9.59 Å². The highest BCUT2D eigenvalue weighted by Gasteiger charge is 2.24. The third kappa shape index (κ3) is 3.17. The van der Waals surface area contributed by atoms with Gasteiger partial charge in [-0.05, 0) is 45.0 Å². The zero-order valence-electron chi connectivity index (χ0n) is 13.0. The standard InChI is InChI=1S/C18H20N2O2/c1-12(2)20(14-7-5-4-6-8-14)18(22)15-10-9-13(3)11-16(15)17(19)21/h4-12H,1-3H3,(H2,19,21). The van der Waals surface area contributed by atoms with Crippen LogP contribution in [0.2, 0.25) is 0 Å². The lowest BCUT2D eigenvalue weighted by atomic mass is 10.0. The highest BCUT2D eigenvalue weighted by Crippen LogP contribution is 2.22. The second-order valence-corrected chi connectivity index (χ2v) is 5.52. The predicted molar refractivity (Wildman–Crippen MR) is 88.1 cm³/mol.